The molecular weight excluding hydrogens is 421 g/mol. The number of hydrogen-bond acceptors (Lipinski definition) is 6. The molecule has 2 aromatic carbocycles. The average Bonchev–Trinajstić information content (AvgIpc) is 3.44. The molecule has 31 heavy (non-hydrogen) atoms. The normalized spacial score (nSPS) is 10.8. The van der Waals surface area contributed by atoms with Gasteiger partial charge in [0.2, 0.25) is 5.82 Å². The number of benzene rings is 2. The van der Waals surface area contributed by atoms with E-state index in [4.69, 9.17) is 0 Å². The number of carbonyl (C=O) groups is 1. The van der Waals surface area contributed by atoms with E-state index in [0.29, 0.717) is 17.1 Å². The van der Waals surface area contributed by atoms with Crippen molar-refractivity contribution in [2.45, 2.75) is 6.54 Å². The highest BCUT2D eigenvalue weighted by atomic mass is 32.1. The second-order valence-corrected chi connectivity index (χ2v) is 7.66. The summed E-state index contributed by atoms with van der Waals surface area (Å²) in [6, 6.07) is 15.5. The van der Waals surface area contributed by atoms with E-state index in [9.17, 15) is 19.3 Å². The first-order valence-corrected chi connectivity index (χ1v) is 10.1. The molecule has 10 heteroatoms. The van der Waals surface area contributed by atoms with Crippen molar-refractivity contribution in [3.63, 3.8) is 0 Å². The van der Waals surface area contributed by atoms with Crippen LogP contribution in [0.4, 0.5) is 10.1 Å². The molecule has 4 rings (SSSR count). The summed E-state index contributed by atoms with van der Waals surface area (Å²) >= 11 is 1.44. The number of thiophene rings is 1. The Labute approximate surface area is 180 Å². The Morgan fingerprint density at radius 3 is 2.65 bits per heavy atom. The first-order valence-electron chi connectivity index (χ1n) is 9.18. The van der Waals surface area contributed by atoms with E-state index >= 15 is 0 Å². The van der Waals surface area contributed by atoms with Crippen LogP contribution in [0.1, 0.15) is 16.2 Å². The first-order chi connectivity index (χ1) is 14.9. The summed E-state index contributed by atoms with van der Waals surface area (Å²) in [7, 11) is 1.57. The molecule has 0 aliphatic carbocycles. The number of aromatic nitrogens is 3. The third kappa shape index (κ3) is 4.33. The van der Waals surface area contributed by atoms with Gasteiger partial charge in [-0.2, -0.15) is 0 Å². The molecule has 0 unspecified atom stereocenters. The van der Waals surface area contributed by atoms with E-state index in [2.05, 4.69) is 10.1 Å². The summed E-state index contributed by atoms with van der Waals surface area (Å²) in [5, 5.41) is 17.2. The van der Waals surface area contributed by atoms with E-state index in [1.165, 1.54) is 45.2 Å². The van der Waals surface area contributed by atoms with Crippen molar-refractivity contribution in [3.05, 3.63) is 93.4 Å². The number of non-ortho nitro benzene ring substituents is 1. The predicted octanol–water partition coefficient (Wildman–Crippen LogP) is 4.32. The van der Waals surface area contributed by atoms with Crippen molar-refractivity contribution >= 4 is 22.9 Å². The van der Waals surface area contributed by atoms with Crippen molar-refractivity contribution in [2.24, 2.45) is 0 Å². The molecule has 156 valence electrons. The van der Waals surface area contributed by atoms with E-state index in [0.717, 1.165) is 4.88 Å². The molecule has 0 saturated carbocycles. The molecule has 0 N–H and O–H groups in total. The molecule has 4 aromatic rings. The number of nitro groups is 1. The van der Waals surface area contributed by atoms with E-state index in [-0.39, 0.29) is 23.9 Å². The van der Waals surface area contributed by atoms with Crippen molar-refractivity contribution in [3.8, 4) is 16.4 Å². The monoisotopic (exact) mass is 437 g/mol. The van der Waals surface area contributed by atoms with E-state index in [1.54, 1.807) is 31.3 Å². The SMILES string of the molecule is CN(Cc1cccc([N+](=O)[O-])c1)C(=O)c1nc(-c2cccs2)n(-c2ccc(F)cc2)n1. The lowest BCUT2D eigenvalue weighted by molar-refractivity contribution is -0.384. The summed E-state index contributed by atoms with van der Waals surface area (Å²) < 4.78 is 14.9. The molecular formula is C21H16FN5O3S. The number of amides is 1. The Morgan fingerprint density at radius 2 is 1.97 bits per heavy atom. The third-order valence-corrected chi connectivity index (χ3v) is 5.36. The maximum atomic E-state index is 13.4. The van der Waals surface area contributed by atoms with Crippen molar-refractivity contribution in [2.75, 3.05) is 7.05 Å². The molecule has 0 saturated heterocycles. The van der Waals surface area contributed by atoms with Crippen LogP contribution in [0.15, 0.2) is 66.0 Å². The molecule has 8 nitrogen and oxygen atoms in total. The van der Waals surface area contributed by atoms with Gasteiger partial charge in [-0.3, -0.25) is 14.9 Å². The molecule has 1 amide bonds. The zero-order valence-corrected chi connectivity index (χ0v) is 17.1. The van der Waals surface area contributed by atoms with Gasteiger partial charge in [0.25, 0.3) is 11.6 Å². The fourth-order valence-corrected chi connectivity index (χ4v) is 3.71. The Bertz CT molecular complexity index is 1240. The van der Waals surface area contributed by atoms with Gasteiger partial charge in [-0.05, 0) is 41.3 Å². The van der Waals surface area contributed by atoms with Crippen LogP contribution >= 0.6 is 11.3 Å². The molecule has 0 spiro atoms. The van der Waals surface area contributed by atoms with Crippen molar-refractivity contribution in [1.29, 1.82) is 0 Å². The Kier molecular flexibility index (Phi) is 5.54. The van der Waals surface area contributed by atoms with Gasteiger partial charge in [0, 0.05) is 25.7 Å². The summed E-state index contributed by atoms with van der Waals surface area (Å²) in [5.74, 6) is -0.380. The van der Waals surface area contributed by atoms with Crippen molar-refractivity contribution < 1.29 is 14.1 Å². The van der Waals surface area contributed by atoms with Gasteiger partial charge >= 0.3 is 0 Å². The van der Waals surface area contributed by atoms with Gasteiger partial charge < -0.3 is 4.90 Å². The van der Waals surface area contributed by atoms with Gasteiger partial charge in [-0.15, -0.1) is 16.4 Å². The van der Waals surface area contributed by atoms with Crippen LogP contribution in [0.25, 0.3) is 16.4 Å². The summed E-state index contributed by atoms with van der Waals surface area (Å²) in [5.41, 5.74) is 1.14. The number of hydrogen-bond donors (Lipinski definition) is 0. The van der Waals surface area contributed by atoms with Crippen LogP contribution in [-0.2, 0) is 6.54 Å². The number of nitro benzene ring substituents is 1. The maximum Gasteiger partial charge on any atom is 0.293 e. The lowest BCUT2D eigenvalue weighted by Crippen LogP contribution is -2.27. The number of carbonyl (C=O) groups excluding carboxylic acids is 1. The maximum absolute atomic E-state index is 13.4. The lowest BCUT2D eigenvalue weighted by atomic mass is 10.2. The molecule has 2 aromatic heterocycles. The van der Waals surface area contributed by atoms with Crippen LogP contribution < -0.4 is 0 Å². The zero-order valence-electron chi connectivity index (χ0n) is 16.3. The van der Waals surface area contributed by atoms with Crippen LogP contribution in [0.5, 0.6) is 0 Å². The average molecular weight is 437 g/mol. The fourth-order valence-electron chi connectivity index (χ4n) is 3.02. The zero-order chi connectivity index (χ0) is 22.0. The Morgan fingerprint density at radius 1 is 1.19 bits per heavy atom. The first kappa shape index (κ1) is 20.4. The largest absolute Gasteiger partial charge is 0.335 e. The molecule has 0 bridgehead atoms. The molecule has 2 heterocycles. The molecule has 0 fully saturated rings. The second-order valence-electron chi connectivity index (χ2n) is 6.71. The van der Waals surface area contributed by atoms with Gasteiger partial charge in [0.05, 0.1) is 15.5 Å². The van der Waals surface area contributed by atoms with Gasteiger partial charge in [-0.25, -0.2) is 14.1 Å². The molecule has 0 radical (unpaired) electrons. The highest BCUT2D eigenvalue weighted by molar-refractivity contribution is 7.13. The van der Waals surface area contributed by atoms with Crippen LogP contribution in [0, 0.1) is 15.9 Å². The number of rotatable bonds is 6. The van der Waals surface area contributed by atoms with Crippen LogP contribution in [0.3, 0.4) is 0 Å². The molecule has 0 aliphatic heterocycles. The Balaban J connectivity index is 1.65. The minimum absolute atomic E-state index is 0.0272. The fraction of sp³-hybridized carbons (Fsp3) is 0.0952. The van der Waals surface area contributed by atoms with E-state index in [1.807, 2.05) is 17.5 Å². The molecule has 0 aliphatic rings. The highest BCUT2D eigenvalue weighted by Crippen LogP contribution is 2.26. The number of halogens is 1. The minimum atomic E-state index is -0.482. The van der Waals surface area contributed by atoms with E-state index < -0.39 is 10.8 Å². The quantitative estimate of drug-likeness (QED) is 0.331. The molecule has 0 atom stereocenters. The lowest BCUT2D eigenvalue weighted by Gasteiger charge is -2.15. The predicted molar refractivity (Wildman–Crippen MR) is 114 cm³/mol. The minimum Gasteiger partial charge on any atom is -0.335 e. The van der Waals surface area contributed by atoms with Crippen LogP contribution in [0.2, 0.25) is 0 Å². The summed E-state index contributed by atoms with van der Waals surface area (Å²) in [6.07, 6.45) is 0. The van der Waals surface area contributed by atoms with Crippen molar-refractivity contribution in [1.82, 2.24) is 19.7 Å². The van der Waals surface area contributed by atoms with Gasteiger partial charge in [0.1, 0.15) is 5.82 Å². The standard InChI is InChI=1S/C21H16FN5O3S/c1-25(13-14-4-2-5-17(12-14)27(29)30)21(28)19-23-20(18-6-3-11-31-18)26(24-19)16-9-7-15(22)8-10-16/h2-12H,13H2,1H3. The Hall–Kier alpha value is -3.92. The second kappa shape index (κ2) is 8.44. The highest BCUT2D eigenvalue weighted by Gasteiger charge is 2.22. The topological polar surface area (TPSA) is 94.2 Å². The smallest absolute Gasteiger partial charge is 0.293 e. The summed E-state index contributed by atoms with van der Waals surface area (Å²) in [4.78, 5) is 30.1. The van der Waals surface area contributed by atoms with Gasteiger partial charge in [0.15, 0.2) is 5.82 Å². The van der Waals surface area contributed by atoms with Gasteiger partial charge in [-0.1, -0.05) is 18.2 Å². The summed E-state index contributed by atoms with van der Waals surface area (Å²) in [6.45, 7) is 0.153. The third-order valence-electron chi connectivity index (χ3n) is 4.50. The number of nitrogens with zero attached hydrogens (tertiary/aromatic N) is 5. The van der Waals surface area contributed by atoms with Crippen LogP contribution in [-0.4, -0.2) is 37.5 Å².